The molecule has 0 spiro atoms. The molecule has 2 rings (SSSR count). The molecule has 0 aromatic heterocycles. The van der Waals surface area contributed by atoms with Crippen molar-refractivity contribution in [3.8, 4) is 5.75 Å². The molecule has 0 saturated carbocycles. The summed E-state index contributed by atoms with van der Waals surface area (Å²) in [5.74, 6) is 0.164. The quantitative estimate of drug-likeness (QED) is 0.806. The molecule has 1 amide bonds. The van der Waals surface area contributed by atoms with Crippen molar-refractivity contribution in [1.29, 1.82) is 0 Å². The zero-order valence-corrected chi connectivity index (χ0v) is 16.3. The summed E-state index contributed by atoms with van der Waals surface area (Å²) in [4.78, 5) is 12.4. The minimum atomic E-state index is -3.48. The second-order valence-corrected chi connectivity index (χ2v) is 7.94. The van der Waals surface area contributed by atoms with Crippen molar-refractivity contribution in [3.63, 3.8) is 0 Å². The standard InChI is InChI=1S/C19H24N2O4S/c1-14-8-7-9-15(2)18(14)21(26(4,23)24)13-12-20-19(22)16-10-5-6-11-17(16)25-3/h5-11H,12-13H2,1-4H3,(H,20,22). The Morgan fingerprint density at radius 1 is 1.08 bits per heavy atom. The van der Waals surface area contributed by atoms with Gasteiger partial charge in [-0.2, -0.15) is 0 Å². The fraction of sp³-hybridized carbons (Fsp3) is 0.316. The van der Waals surface area contributed by atoms with Gasteiger partial charge in [-0.25, -0.2) is 8.42 Å². The first-order valence-corrected chi connectivity index (χ1v) is 10.1. The van der Waals surface area contributed by atoms with Crippen molar-refractivity contribution in [3.05, 3.63) is 59.2 Å². The highest BCUT2D eigenvalue weighted by atomic mass is 32.2. The molecule has 0 aliphatic carbocycles. The van der Waals surface area contributed by atoms with Crippen LogP contribution in [0, 0.1) is 13.8 Å². The minimum absolute atomic E-state index is 0.144. The molecule has 0 unspecified atom stereocenters. The van der Waals surface area contributed by atoms with E-state index in [4.69, 9.17) is 4.74 Å². The lowest BCUT2D eigenvalue weighted by Crippen LogP contribution is -2.39. The van der Waals surface area contributed by atoms with Gasteiger partial charge in [-0.15, -0.1) is 0 Å². The van der Waals surface area contributed by atoms with Gasteiger partial charge in [0.1, 0.15) is 5.75 Å². The first-order chi connectivity index (χ1) is 12.3. The number of carbonyl (C=O) groups excluding carboxylic acids is 1. The average molecular weight is 376 g/mol. The summed E-state index contributed by atoms with van der Waals surface area (Å²) in [5, 5.41) is 2.76. The van der Waals surface area contributed by atoms with E-state index in [1.54, 1.807) is 24.3 Å². The number of hydrogen-bond acceptors (Lipinski definition) is 4. The number of sulfonamides is 1. The zero-order valence-electron chi connectivity index (χ0n) is 15.4. The van der Waals surface area contributed by atoms with Gasteiger partial charge in [0.15, 0.2) is 0 Å². The summed E-state index contributed by atoms with van der Waals surface area (Å²) in [7, 11) is -1.98. The van der Waals surface area contributed by atoms with Gasteiger partial charge in [0, 0.05) is 6.54 Å². The van der Waals surface area contributed by atoms with E-state index in [1.165, 1.54) is 17.7 Å². The van der Waals surface area contributed by atoms with E-state index in [-0.39, 0.29) is 19.0 Å². The number of nitrogens with one attached hydrogen (secondary N) is 1. The van der Waals surface area contributed by atoms with Gasteiger partial charge in [0.2, 0.25) is 10.0 Å². The molecule has 2 aromatic rings. The number of ether oxygens (including phenoxy) is 1. The first kappa shape index (κ1) is 19.8. The van der Waals surface area contributed by atoms with Crippen LogP contribution in [0.4, 0.5) is 5.69 Å². The van der Waals surface area contributed by atoms with Gasteiger partial charge < -0.3 is 10.1 Å². The number of aryl methyl sites for hydroxylation is 2. The molecule has 140 valence electrons. The van der Waals surface area contributed by atoms with Crippen LogP contribution < -0.4 is 14.4 Å². The summed E-state index contributed by atoms with van der Waals surface area (Å²) in [6.07, 6.45) is 1.17. The minimum Gasteiger partial charge on any atom is -0.496 e. The number of methoxy groups -OCH3 is 1. The molecule has 0 radical (unpaired) electrons. The Labute approximate surface area is 154 Å². The molecular formula is C19H24N2O4S. The van der Waals surface area contributed by atoms with E-state index in [0.717, 1.165) is 11.1 Å². The van der Waals surface area contributed by atoms with Gasteiger partial charge in [-0.3, -0.25) is 9.10 Å². The summed E-state index contributed by atoms with van der Waals surface area (Å²) in [6.45, 7) is 4.06. The lowest BCUT2D eigenvalue weighted by atomic mass is 10.1. The molecule has 0 atom stereocenters. The monoisotopic (exact) mass is 376 g/mol. The average Bonchev–Trinajstić information content (AvgIpc) is 2.59. The normalized spacial score (nSPS) is 11.1. The Balaban J connectivity index is 2.15. The Morgan fingerprint density at radius 3 is 2.27 bits per heavy atom. The van der Waals surface area contributed by atoms with Crippen molar-refractivity contribution < 1.29 is 17.9 Å². The maximum atomic E-state index is 12.4. The highest BCUT2D eigenvalue weighted by Crippen LogP contribution is 2.26. The highest BCUT2D eigenvalue weighted by Gasteiger charge is 2.21. The van der Waals surface area contributed by atoms with Crippen LogP contribution >= 0.6 is 0 Å². The van der Waals surface area contributed by atoms with Gasteiger partial charge in [-0.1, -0.05) is 30.3 Å². The van der Waals surface area contributed by atoms with Crippen molar-refractivity contribution in [2.75, 3.05) is 30.8 Å². The third-order valence-corrected chi connectivity index (χ3v) is 5.21. The van der Waals surface area contributed by atoms with Crippen LogP contribution in [0.25, 0.3) is 0 Å². The number of hydrogen-bond donors (Lipinski definition) is 1. The number of amides is 1. The van der Waals surface area contributed by atoms with Crippen LogP contribution in [0.5, 0.6) is 5.75 Å². The summed E-state index contributed by atoms with van der Waals surface area (Å²) < 4.78 is 31.1. The molecule has 0 bridgehead atoms. The Hall–Kier alpha value is -2.54. The van der Waals surface area contributed by atoms with Crippen LogP contribution in [0.3, 0.4) is 0 Å². The Bertz CT molecular complexity index is 874. The molecule has 26 heavy (non-hydrogen) atoms. The van der Waals surface area contributed by atoms with Gasteiger partial charge in [-0.05, 0) is 37.1 Å². The van der Waals surface area contributed by atoms with Crippen LogP contribution in [0.15, 0.2) is 42.5 Å². The SMILES string of the molecule is COc1ccccc1C(=O)NCCN(c1c(C)cccc1C)S(C)(=O)=O. The third-order valence-electron chi connectivity index (χ3n) is 4.04. The fourth-order valence-corrected chi connectivity index (χ4v) is 3.88. The number of carbonyl (C=O) groups is 1. The molecule has 7 heteroatoms. The number of benzene rings is 2. The van der Waals surface area contributed by atoms with Crippen LogP contribution in [0.1, 0.15) is 21.5 Å². The van der Waals surface area contributed by atoms with Crippen molar-refractivity contribution >= 4 is 21.6 Å². The highest BCUT2D eigenvalue weighted by molar-refractivity contribution is 7.92. The van der Waals surface area contributed by atoms with Gasteiger partial charge in [0.25, 0.3) is 5.91 Å². The molecule has 0 heterocycles. The third kappa shape index (κ3) is 4.54. The van der Waals surface area contributed by atoms with Crippen LogP contribution in [-0.2, 0) is 10.0 Å². The fourth-order valence-electron chi connectivity index (χ4n) is 2.84. The molecule has 6 nitrogen and oxygen atoms in total. The molecule has 0 aliphatic rings. The van der Waals surface area contributed by atoms with E-state index in [1.807, 2.05) is 32.0 Å². The molecular weight excluding hydrogens is 352 g/mol. The Morgan fingerprint density at radius 2 is 1.69 bits per heavy atom. The molecule has 0 fully saturated rings. The summed E-state index contributed by atoms with van der Waals surface area (Å²) >= 11 is 0. The van der Waals surface area contributed by atoms with Crippen molar-refractivity contribution in [1.82, 2.24) is 5.32 Å². The largest absolute Gasteiger partial charge is 0.496 e. The van der Waals surface area contributed by atoms with Crippen molar-refractivity contribution in [2.45, 2.75) is 13.8 Å². The maximum absolute atomic E-state index is 12.4. The molecule has 2 aromatic carbocycles. The number of anilines is 1. The van der Waals surface area contributed by atoms with E-state index in [0.29, 0.717) is 17.0 Å². The molecule has 0 saturated heterocycles. The van der Waals surface area contributed by atoms with Crippen LogP contribution in [-0.4, -0.2) is 40.8 Å². The lowest BCUT2D eigenvalue weighted by Gasteiger charge is -2.26. The van der Waals surface area contributed by atoms with Crippen LogP contribution in [0.2, 0.25) is 0 Å². The second-order valence-electron chi connectivity index (χ2n) is 6.03. The van der Waals surface area contributed by atoms with E-state index in [2.05, 4.69) is 5.32 Å². The lowest BCUT2D eigenvalue weighted by molar-refractivity contribution is 0.0952. The smallest absolute Gasteiger partial charge is 0.255 e. The predicted molar refractivity (Wildman–Crippen MR) is 103 cm³/mol. The maximum Gasteiger partial charge on any atom is 0.255 e. The molecule has 0 aliphatic heterocycles. The topological polar surface area (TPSA) is 75.7 Å². The Kier molecular flexibility index (Phi) is 6.26. The first-order valence-electron chi connectivity index (χ1n) is 8.21. The number of para-hydroxylation sites is 2. The van der Waals surface area contributed by atoms with Crippen molar-refractivity contribution in [2.24, 2.45) is 0 Å². The van der Waals surface area contributed by atoms with E-state index in [9.17, 15) is 13.2 Å². The second kappa shape index (κ2) is 8.23. The van der Waals surface area contributed by atoms with Gasteiger partial charge >= 0.3 is 0 Å². The summed E-state index contributed by atoms with van der Waals surface area (Å²) in [5.41, 5.74) is 2.80. The number of rotatable bonds is 7. The van der Waals surface area contributed by atoms with Gasteiger partial charge in [0.05, 0.1) is 31.2 Å². The predicted octanol–water partition coefficient (Wildman–Crippen LogP) is 2.51. The zero-order chi connectivity index (χ0) is 19.3. The van der Waals surface area contributed by atoms with E-state index < -0.39 is 10.0 Å². The van der Waals surface area contributed by atoms with E-state index >= 15 is 0 Å². The summed E-state index contributed by atoms with van der Waals surface area (Å²) in [6, 6.07) is 12.5. The number of nitrogens with zero attached hydrogens (tertiary/aromatic N) is 1. The molecule has 1 N–H and O–H groups in total.